The second-order valence-electron chi connectivity index (χ2n) is 15.2. The SMILES string of the molecule is C=C/C=C\C1=C(C)N(c2ccc(C3=CC(c4cc5ccccc5c5ccccc45)N=C(c4ccc(/C(=C/C=C)c5ccccc5C)cc4)N3)cc2)C2=CC=CCCC21. The zero-order chi connectivity index (χ0) is 39.6. The van der Waals surface area contributed by atoms with Crippen molar-refractivity contribution in [3.63, 3.8) is 0 Å². The predicted octanol–water partition coefficient (Wildman–Crippen LogP) is 13.7. The molecule has 0 spiro atoms. The Bertz CT molecular complexity index is 2800. The van der Waals surface area contributed by atoms with Crippen molar-refractivity contribution in [3.05, 3.63) is 246 Å². The molecule has 6 aromatic rings. The van der Waals surface area contributed by atoms with Crippen molar-refractivity contribution in [2.75, 3.05) is 4.90 Å². The van der Waals surface area contributed by atoms with Gasteiger partial charge >= 0.3 is 0 Å². The number of fused-ring (bicyclic) bond motifs is 4. The third kappa shape index (κ3) is 6.79. The summed E-state index contributed by atoms with van der Waals surface area (Å²) in [7, 11) is 0. The van der Waals surface area contributed by atoms with Gasteiger partial charge in [0.1, 0.15) is 5.84 Å². The Labute approximate surface area is 342 Å². The van der Waals surface area contributed by atoms with Crippen LogP contribution in [0.2, 0.25) is 0 Å². The highest BCUT2D eigenvalue weighted by Gasteiger charge is 2.34. The predicted molar refractivity (Wildman–Crippen MR) is 248 cm³/mol. The van der Waals surface area contributed by atoms with Crippen molar-refractivity contribution < 1.29 is 0 Å². The Morgan fingerprint density at radius 1 is 0.776 bits per heavy atom. The first-order valence-corrected chi connectivity index (χ1v) is 20.3. The molecule has 9 rings (SSSR count). The number of aryl methyl sites for hydroxylation is 1. The molecule has 2 heterocycles. The van der Waals surface area contributed by atoms with E-state index in [1.165, 1.54) is 55.2 Å². The number of benzene rings is 6. The largest absolute Gasteiger partial charge is 0.340 e. The summed E-state index contributed by atoms with van der Waals surface area (Å²) in [5, 5.41) is 8.71. The summed E-state index contributed by atoms with van der Waals surface area (Å²) in [6.07, 6.45) is 21.4. The van der Waals surface area contributed by atoms with Gasteiger partial charge in [0, 0.05) is 34.3 Å². The van der Waals surface area contributed by atoms with Crippen LogP contribution in [0.5, 0.6) is 0 Å². The molecule has 1 aliphatic carbocycles. The molecule has 282 valence electrons. The van der Waals surface area contributed by atoms with E-state index in [-0.39, 0.29) is 6.04 Å². The van der Waals surface area contributed by atoms with Crippen molar-refractivity contribution >= 4 is 44.3 Å². The Morgan fingerprint density at radius 3 is 2.28 bits per heavy atom. The van der Waals surface area contributed by atoms with Gasteiger partial charge in [-0.3, -0.25) is 4.99 Å². The van der Waals surface area contributed by atoms with E-state index in [4.69, 9.17) is 4.99 Å². The van der Waals surface area contributed by atoms with Crippen LogP contribution >= 0.6 is 0 Å². The van der Waals surface area contributed by atoms with Crippen LogP contribution < -0.4 is 10.2 Å². The second kappa shape index (κ2) is 15.9. The van der Waals surface area contributed by atoms with E-state index in [2.05, 4.69) is 207 Å². The highest BCUT2D eigenvalue weighted by molar-refractivity contribution is 6.10. The number of amidine groups is 1. The number of nitrogens with zero attached hydrogens (tertiary/aromatic N) is 2. The summed E-state index contributed by atoms with van der Waals surface area (Å²) in [5.41, 5.74) is 14.2. The maximum Gasteiger partial charge on any atom is 0.133 e. The molecule has 2 unspecified atom stereocenters. The van der Waals surface area contributed by atoms with Crippen LogP contribution in [0.25, 0.3) is 32.8 Å². The van der Waals surface area contributed by atoms with Gasteiger partial charge in [-0.1, -0.05) is 165 Å². The van der Waals surface area contributed by atoms with Crippen LogP contribution in [0, 0.1) is 12.8 Å². The Balaban J connectivity index is 1.13. The van der Waals surface area contributed by atoms with E-state index >= 15 is 0 Å². The van der Waals surface area contributed by atoms with Crippen LogP contribution in [0.4, 0.5) is 5.69 Å². The van der Waals surface area contributed by atoms with Gasteiger partial charge in [0.05, 0.1) is 6.04 Å². The summed E-state index contributed by atoms with van der Waals surface area (Å²) < 4.78 is 0. The molecule has 58 heavy (non-hydrogen) atoms. The summed E-state index contributed by atoms with van der Waals surface area (Å²) in [5.74, 6) is 1.20. The molecule has 0 amide bonds. The summed E-state index contributed by atoms with van der Waals surface area (Å²) in [4.78, 5) is 7.90. The first kappa shape index (κ1) is 36.7. The monoisotopic (exact) mass is 749 g/mol. The average molecular weight is 750 g/mol. The molecule has 0 saturated heterocycles. The fraction of sp³-hybridized carbons (Fsp3) is 0.109. The van der Waals surface area contributed by atoms with Gasteiger partial charge in [-0.05, 0) is 118 Å². The first-order chi connectivity index (χ1) is 28.5. The minimum absolute atomic E-state index is 0.213. The fourth-order valence-electron chi connectivity index (χ4n) is 8.93. The van der Waals surface area contributed by atoms with E-state index in [0.29, 0.717) is 5.92 Å². The van der Waals surface area contributed by atoms with E-state index < -0.39 is 0 Å². The molecule has 1 N–H and O–H groups in total. The number of anilines is 1. The number of rotatable bonds is 9. The Kier molecular flexibility index (Phi) is 10.0. The lowest BCUT2D eigenvalue weighted by molar-refractivity contribution is 0.678. The van der Waals surface area contributed by atoms with Crippen molar-refractivity contribution in [3.8, 4) is 0 Å². The Morgan fingerprint density at radius 2 is 1.50 bits per heavy atom. The molecule has 3 nitrogen and oxygen atoms in total. The molecule has 0 saturated carbocycles. The van der Waals surface area contributed by atoms with Crippen LogP contribution in [0.15, 0.2) is 217 Å². The number of allylic oxidation sites excluding steroid dienone is 10. The molecule has 2 atom stereocenters. The molecular weight excluding hydrogens is 703 g/mol. The lowest BCUT2D eigenvalue weighted by Gasteiger charge is -2.26. The number of aliphatic imine (C=N–C) groups is 1. The number of hydrogen-bond donors (Lipinski definition) is 1. The third-order valence-electron chi connectivity index (χ3n) is 11.8. The maximum atomic E-state index is 5.47. The molecule has 6 aromatic carbocycles. The van der Waals surface area contributed by atoms with Crippen LogP contribution in [-0.4, -0.2) is 5.84 Å². The quantitative estimate of drug-likeness (QED) is 0.118. The van der Waals surface area contributed by atoms with E-state index in [0.717, 1.165) is 52.3 Å². The van der Waals surface area contributed by atoms with Gasteiger partial charge in [-0.2, -0.15) is 0 Å². The molecule has 0 aromatic heterocycles. The van der Waals surface area contributed by atoms with Crippen LogP contribution in [0.3, 0.4) is 0 Å². The average Bonchev–Trinajstić information content (AvgIpc) is 3.37. The van der Waals surface area contributed by atoms with Crippen LogP contribution in [0.1, 0.15) is 59.2 Å². The van der Waals surface area contributed by atoms with Crippen molar-refractivity contribution in [2.45, 2.75) is 32.7 Å². The summed E-state index contributed by atoms with van der Waals surface area (Å²) in [6.45, 7) is 12.4. The molecule has 0 fully saturated rings. The molecule has 0 bridgehead atoms. The van der Waals surface area contributed by atoms with Crippen molar-refractivity contribution in [1.82, 2.24) is 5.32 Å². The molecule has 2 aliphatic heterocycles. The topological polar surface area (TPSA) is 27.6 Å². The zero-order valence-electron chi connectivity index (χ0n) is 33.2. The molecular formula is C55H47N3. The normalized spacial score (nSPS) is 18.1. The standard InChI is InChI=1S/C55H47N3/c1-5-7-20-45-38(4)58(54-26-10-8-9-25-50(45)54)43-33-31-40(32-34-43)52-36-53(51-35-42-19-12-14-22-47(42)48-23-15-16-24-49(48)51)57-55(56-52)41-29-27-39(28-30-41)46(17-6-2)44-21-13-11-18-37(44)3/h5-8,10-24,26-36,50,53H,1-2,9,25H2,3-4H3,(H,56,57)/b20-7-,46-17-. The molecule has 3 aliphatic rings. The molecule has 0 radical (unpaired) electrons. The van der Waals surface area contributed by atoms with E-state index in [1.807, 2.05) is 12.2 Å². The fourth-order valence-corrected chi connectivity index (χ4v) is 8.93. The van der Waals surface area contributed by atoms with Gasteiger partial charge in [-0.25, -0.2) is 0 Å². The number of hydrogen-bond acceptors (Lipinski definition) is 3. The molecule has 3 heteroatoms. The van der Waals surface area contributed by atoms with Gasteiger partial charge in [-0.15, -0.1) is 0 Å². The van der Waals surface area contributed by atoms with Crippen molar-refractivity contribution in [1.29, 1.82) is 0 Å². The zero-order valence-corrected chi connectivity index (χ0v) is 33.2. The summed E-state index contributed by atoms with van der Waals surface area (Å²) >= 11 is 0. The van der Waals surface area contributed by atoms with E-state index in [1.54, 1.807) is 0 Å². The van der Waals surface area contributed by atoms with Crippen LogP contribution in [-0.2, 0) is 0 Å². The van der Waals surface area contributed by atoms with E-state index in [9.17, 15) is 0 Å². The minimum Gasteiger partial charge on any atom is -0.340 e. The maximum absolute atomic E-state index is 5.47. The van der Waals surface area contributed by atoms with Gasteiger partial charge in [0.15, 0.2) is 0 Å². The first-order valence-electron chi connectivity index (χ1n) is 20.3. The highest BCUT2D eigenvalue weighted by atomic mass is 15.2. The second-order valence-corrected chi connectivity index (χ2v) is 15.2. The van der Waals surface area contributed by atoms with Gasteiger partial charge in [0.2, 0.25) is 0 Å². The van der Waals surface area contributed by atoms with Gasteiger partial charge < -0.3 is 10.2 Å². The summed E-state index contributed by atoms with van der Waals surface area (Å²) in [6, 6.07) is 45.8. The lowest BCUT2D eigenvalue weighted by Crippen LogP contribution is -2.27. The Hall–Kier alpha value is -6.97. The third-order valence-corrected chi connectivity index (χ3v) is 11.8. The highest BCUT2D eigenvalue weighted by Crippen LogP contribution is 2.45. The lowest BCUT2D eigenvalue weighted by atomic mass is 9.91. The van der Waals surface area contributed by atoms with Crippen molar-refractivity contribution in [2.24, 2.45) is 10.9 Å². The minimum atomic E-state index is -0.213. The smallest absolute Gasteiger partial charge is 0.133 e. The van der Waals surface area contributed by atoms with Gasteiger partial charge in [0.25, 0.3) is 0 Å². The number of nitrogens with one attached hydrogen (secondary N) is 1.